The molecular weight excluding hydrogens is 549 g/mol. The first-order valence-electron chi connectivity index (χ1n) is 10.5. The van der Waals surface area contributed by atoms with Gasteiger partial charge in [-0.2, -0.15) is 0 Å². The summed E-state index contributed by atoms with van der Waals surface area (Å²) in [5.74, 6) is -1.36. The standard InChI is InChI=1S/C20H18Cl2N8O4P2/c21-11-15-27-17(35(31,33-15)29-19-23-7-1-8-24-19)13-3-5-14(6-4-13)18-28-16(12-22)34-36(18,32)30-20-25-9-2-10-26-20/h1-10,17-18H,11-12H2,(H,23,24,29,31)(H,25,26,30,32)/t17-,18-,35-,36-/m0/s1. The Bertz CT molecular complexity index is 1290. The number of aliphatic imine (C=N–C) groups is 2. The summed E-state index contributed by atoms with van der Waals surface area (Å²) in [5, 5.41) is 5.53. The summed E-state index contributed by atoms with van der Waals surface area (Å²) in [6, 6.07) is 10.1. The maximum absolute atomic E-state index is 13.7. The lowest BCUT2D eigenvalue weighted by Crippen LogP contribution is -2.08. The van der Waals surface area contributed by atoms with Crippen LogP contribution in [0.15, 0.2) is 71.2 Å². The number of alkyl halides is 2. The van der Waals surface area contributed by atoms with Gasteiger partial charge in [-0.1, -0.05) is 24.3 Å². The first-order valence-corrected chi connectivity index (χ1v) is 14.9. The Morgan fingerprint density at radius 1 is 0.694 bits per heavy atom. The van der Waals surface area contributed by atoms with E-state index in [1.54, 1.807) is 36.4 Å². The number of aromatic nitrogens is 4. The highest BCUT2D eigenvalue weighted by molar-refractivity contribution is 7.62. The van der Waals surface area contributed by atoms with E-state index in [-0.39, 0.29) is 35.5 Å². The van der Waals surface area contributed by atoms with Gasteiger partial charge in [0.2, 0.25) is 23.7 Å². The summed E-state index contributed by atoms with van der Waals surface area (Å²) in [7, 11) is -7.28. The van der Waals surface area contributed by atoms with Gasteiger partial charge in [0.05, 0.1) is 11.8 Å². The molecule has 0 aliphatic carbocycles. The van der Waals surface area contributed by atoms with Gasteiger partial charge in [-0.15, -0.1) is 23.2 Å². The smallest absolute Gasteiger partial charge is 0.373 e. The van der Waals surface area contributed by atoms with E-state index in [2.05, 4.69) is 40.1 Å². The molecule has 0 saturated carbocycles. The van der Waals surface area contributed by atoms with Crippen LogP contribution in [0.2, 0.25) is 0 Å². The lowest BCUT2D eigenvalue weighted by atomic mass is 10.1. The van der Waals surface area contributed by atoms with Gasteiger partial charge in [0.1, 0.15) is 0 Å². The normalized spacial score (nSPS) is 26.9. The van der Waals surface area contributed by atoms with E-state index in [0.29, 0.717) is 11.1 Å². The van der Waals surface area contributed by atoms with Gasteiger partial charge in [-0.05, 0) is 23.3 Å². The summed E-state index contributed by atoms with van der Waals surface area (Å²) in [5.41, 5.74) is 1.14. The van der Waals surface area contributed by atoms with Crippen molar-refractivity contribution in [2.24, 2.45) is 9.98 Å². The molecule has 5 rings (SSSR count). The lowest BCUT2D eigenvalue weighted by molar-refractivity contribution is 0.487. The Hall–Kier alpha value is -3.04. The number of hydrogen-bond acceptors (Lipinski definition) is 10. The highest BCUT2D eigenvalue weighted by Crippen LogP contribution is 2.65. The van der Waals surface area contributed by atoms with Crippen molar-refractivity contribution >= 4 is 61.9 Å². The van der Waals surface area contributed by atoms with Crippen LogP contribution in [0, 0.1) is 0 Å². The Balaban J connectivity index is 1.43. The SMILES string of the molecule is O=[P@]1(Nc2ncccn2)OC(CCl)=N[C@@H]1c1ccc([C@H]2N=C(CCl)O[P@]2(=O)Nc2ncccn2)cc1. The van der Waals surface area contributed by atoms with Crippen LogP contribution in [0.25, 0.3) is 0 Å². The highest BCUT2D eigenvalue weighted by Gasteiger charge is 2.46. The Morgan fingerprint density at radius 3 is 1.39 bits per heavy atom. The van der Waals surface area contributed by atoms with Crippen molar-refractivity contribution < 1.29 is 18.2 Å². The molecule has 4 heterocycles. The fraction of sp³-hybridized carbons (Fsp3) is 0.200. The minimum atomic E-state index is -3.64. The molecule has 0 saturated heterocycles. The molecule has 186 valence electrons. The molecule has 0 radical (unpaired) electrons. The van der Waals surface area contributed by atoms with Crippen molar-refractivity contribution in [1.82, 2.24) is 19.9 Å². The second-order valence-electron chi connectivity index (χ2n) is 7.47. The molecule has 0 unspecified atom stereocenters. The fourth-order valence-electron chi connectivity index (χ4n) is 3.54. The summed E-state index contributed by atoms with van der Waals surface area (Å²) < 4.78 is 38.6. The van der Waals surface area contributed by atoms with Crippen molar-refractivity contribution in [2.45, 2.75) is 11.6 Å². The molecule has 36 heavy (non-hydrogen) atoms. The van der Waals surface area contributed by atoms with Crippen LogP contribution in [0.1, 0.15) is 22.7 Å². The Morgan fingerprint density at radius 2 is 1.06 bits per heavy atom. The second kappa shape index (κ2) is 10.1. The van der Waals surface area contributed by atoms with E-state index in [0.717, 1.165) is 0 Å². The number of benzene rings is 1. The average Bonchev–Trinajstić information content (AvgIpc) is 3.41. The van der Waals surface area contributed by atoms with Crippen molar-refractivity contribution in [3.8, 4) is 0 Å². The van der Waals surface area contributed by atoms with Crippen molar-refractivity contribution in [3.63, 3.8) is 0 Å². The molecule has 12 nitrogen and oxygen atoms in total. The molecule has 0 amide bonds. The highest BCUT2D eigenvalue weighted by atomic mass is 35.5. The Labute approximate surface area is 215 Å². The topological polar surface area (TPSA) is 153 Å². The van der Waals surface area contributed by atoms with Crippen molar-refractivity contribution in [2.75, 3.05) is 21.9 Å². The van der Waals surface area contributed by atoms with Crippen LogP contribution in [0.5, 0.6) is 0 Å². The number of hydrogen-bond donors (Lipinski definition) is 2. The van der Waals surface area contributed by atoms with Gasteiger partial charge < -0.3 is 9.05 Å². The predicted octanol–water partition coefficient (Wildman–Crippen LogP) is 5.21. The third-order valence-corrected chi connectivity index (χ3v) is 9.62. The third-order valence-electron chi connectivity index (χ3n) is 5.06. The molecule has 4 atom stereocenters. The van der Waals surface area contributed by atoms with E-state index in [1.807, 2.05) is 0 Å². The number of halogens is 2. The summed E-state index contributed by atoms with van der Waals surface area (Å²) in [6.45, 7) is 0. The van der Waals surface area contributed by atoms with Crippen LogP contribution in [-0.4, -0.2) is 43.5 Å². The summed E-state index contributed by atoms with van der Waals surface area (Å²) in [4.78, 5) is 25.0. The first-order chi connectivity index (χ1) is 17.4. The predicted molar refractivity (Wildman–Crippen MR) is 137 cm³/mol. The largest absolute Gasteiger partial charge is 0.412 e. The molecular formula is C20H18Cl2N8O4P2. The van der Waals surface area contributed by atoms with E-state index >= 15 is 0 Å². The summed E-state index contributed by atoms with van der Waals surface area (Å²) in [6.07, 6.45) is 6.04. The van der Waals surface area contributed by atoms with Crippen LogP contribution in [-0.2, 0) is 18.2 Å². The maximum Gasteiger partial charge on any atom is 0.373 e. The molecule has 16 heteroatoms. The minimum absolute atomic E-state index is 0.0539. The van der Waals surface area contributed by atoms with Gasteiger partial charge >= 0.3 is 15.0 Å². The van der Waals surface area contributed by atoms with Crippen LogP contribution in [0.3, 0.4) is 0 Å². The van der Waals surface area contributed by atoms with E-state index in [9.17, 15) is 9.13 Å². The second-order valence-corrected chi connectivity index (χ2v) is 12.2. The zero-order chi connectivity index (χ0) is 25.2. The first kappa shape index (κ1) is 24.6. The van der Waals surface area contributed by atoms with Gasteiger partial charge in [-0.25, -0.2) is 29.9 Å². The minimum Gasteiger partial charge on any atom is -0.412 e. The van der Waals surface area contributed by atoms with E-state index in [4.69, 9.17) is 32.2 Å². The maximum atomic E-state index is 13.7. The van der Waals surface area contributed by atoms with Gasteiger partial charge in [0.15, 0.2) is 11.6 Å². The van der Waals surface area contributed by atoms with Gasteiger partial charge in [0.25, 0.3) is 0 Å². The summed E-state index contributed by atoms with van der Waals surface area (Å²) >= 11 is 11.8. The molecule has 0 fully saturated rings. The van der Waals surface area contributed by atoms with Gasteiger partial charge in [0, 0.05) is 24.8 Å². The van der Waals surface area contributed by atoms with Crippen molar-refractivity contribution in [1.29, 1.82) is 0 Å². The lowest BCUT2D eigenvalue weighted by Gasteiger charge is -2.21. The third kappa shape index (κ3) is 4.95. The fourth-order valence-corrected chi connectivity index (χ4v) is 7.81. The van der Waals surface area contributed by atoms with Crippen molar-refractivity contribution in [3.05, 3.63) is 72.3 Å². The zero-order valence-corrected chi connectivity index (χ0v) is 21.6. The van der Waals surface area contributed by atoms with E-state index < -0.39 is 26.6 Å². The van der Waals surface area contributed by atoms with E-state index in [1.165, 1.54) is 24.8 Å². The quantitative estimate of drug-likeness (QED) is 0.274. The monoisotopic (exact) mass is 566 g/mol. The zero-order valence-electron chi connectivity index (χ0n) is 18.3. The molecule has 2 N–H and O–H groups in total. The molecule has 1 aromatic carbocycles. The number of rotatable bonds is 8. The van der Waals surface area contributed by atoms with Crippen LogP contribution < -0.4 is 10.2 Å². The molecule has 3 aromatic rings. The molecule has 0 bridgehead atoms. The van der Waals surface area contributed by atoms with Gasteiger partial charge in [-0.3, -0.25) is 19.3 Å². The molecule has 2 aliphatic rings. The molecule has 2 aliphatic heterocycles. The Kier molecular flexibility index (Phi) is 6.94. The number of anilines is 2. The van der Waals surface area contributed by atoms with Crippen LogP contribution in [0.4, 0.5) is 11.9 Å². The number of nitrogens with zero attached hydrogens (tertiary/aromatic N) is 6. The van der Waals surface area contributed by atoms with Crippen LogP contribution >= 0.6 is 38.2 Å². The molecule has 0 spiro atoms. The average molecular weight is 567 g/mol. The number of nitrogens with one attached hydrogen (secondary N) is 2. The molecule has 2 aromatic heterocycles.